The average molecular weight is 585 g/mol. The van der Waals surface area contributed by atoms with E-state index in [0.29, 0.717) is 23.3 Å². The van der Waals surface area contributed by atoms with Gasteiger partial charge in [-0.15, -0.1) is 0 Å². The highest BCUT2D eigenvalue weighted by atomic mass is 32.2. The van der Waals surface area contributed by atoms with Crippen molar-refractivity contribution in [2.45, 2.75) is 36.4 Å². The molecule has 1 N–H and O–H groups in total. The van der Waals surface area contributed by atoms with E-state index >= 15 is 0 Å². The van der Waals surface area contributed by atoms with E-state index in [-0.39, 0.29) is 35.7 Å². The van der Waals surface area contributed by atoms with Crippen molar-refractivity contribution in [2.75, 3.05) is 7.11 Å². The molecule has 9 heteroatoms. The van der Waals surface area contributed by atoms with Gasteiger partial charge in [-0.05, 0) is 48.0 Å². The minimum atomic E-state index is -0.768. The summed E-state index contributed by atoms with van der Waals surface area (Å²) >= 11 is 1.11. The van der Waals surface area contributed by atoms with Gasteiger partial charge in [-0.25, -0.2) is 0 Å². The van der Waals surface area contributed by atoms with E-state index < -0.39 is 6.10 Å². The molecule has 2 aromatic heterocycles. The summed E-state index contributed by atoms with van der Waals surface area (Å²) in [6.07, 6.45) is -0.137. The summed E-state index contributed by atoms with van der Waals surface area (Å²) in [4.78, 5) is 30.2. The Balaban J connectivity index is 1.42. The number of nitrogens with zero attached hydrogens (tertiary/aromatic N) is 4. The van der Waals surface area contributed by atoms with E-state index in [1.807, 2.05) is 72.8 Å². The maximum Gasteiger partial charge on any atom is 0.262 e. The SMILES string of the molecule is COc1ccc(CN2C(=O)c3c(c4c5ccccc5n5c4c4c3c3ccccc3n4[C@@H]3C[C@H]5[C@H](SC#N)[C@H]3O)C2=O)cc1. The zero-order valence-electron chi connectivity index (χ0n) is 23.0. The smallest absolute Gasteiger partial charge is 0.262 e. The Morgan fingerprint density at radius 1 is 0.860 bits per heavy atom. The maximum atomic E-state index is 14.4. The van der Waals surface area contributed by atoms with Gasteiger partial charge in [-0.3, -0.25) is 14.5 Å². The number of nitriles is 1. The minimum Gasteiger partial charge on any atom is -0.497 e. The molecule has 4 atom stereocenters. The third-order valence-corrected chi connectivity index (χ3v) is 10.6. The van der Waals surface area contributed by atoms with Crippen LogP contribution in [0.2, 0.25) is 0 Å². The second-order valence-electron chi connectivity index (χ2n) is 11.6. The number of imide groups is 1. The normalized spacial score (nSPS) is 22.3. The number of aliphatic hydroxyl groups is 1. The number of fused-ring (bicyclic) bond motifs is 13. The van der Waals surface area contributed by atoms with Crippen molar-refractivity contribution in [3.63, 3.8) is 0 Å². The summed E-state index contributed by atoms with van der Waals surface area (Å²) in [5, 5.41) is 26.6. The Hall–Kier alpha value is -4.78. The second kappa shape index (κ2) is 8.63. The van der Waals surface area contributed by atoms with Crippen molar-refractivity contribution < 1.29 is 19.4 Å². The van der Waals surface area contributed by atoms with E-state index in [1.54, 1.807) is 7.11 Å². The first-order chi connectivity index (χ1) is 21.0. The highest BCUT2D eigenvalue weighted by molar-refractivity contribution is 8.04. The molecule has 0 radical (unpaired) electrons. The molecule has 3 aliphatic rings. The van der Waals surface area contributed by atoms with E-state index in [4.69, 9.17) is 4.74 Å². The fraction of sp³-hybridized carbons (Fsp3) is 0.206. The van der Waals surface area contributed by atoms with E-state index in [0.717, 1.165) is 60.9 Å². The molecule has 8 nitrogen and oxygen atoms in total. The number of thiocyanates is 1. The van der Waals surface area contributed by atoms with Crippen molar-refractivity contribution in [1.82, 2.24) is 14.0 Å². The molecule has 1 aliphatic carbocycles. The molecule has 0 unspecified atom stereocenters. The van der Waals surface area contributed by atoms with Crippen LogP contribution < -0.4 is 4.74 Å². The van der Waals surface area contributed by atoms with Crippen LogP contribution >= 0.6 is 11.8 Å². The number of carbonyl (C=O) groups excluding carboxylic acids is 2. The predicted octanol–water partition coefficient (Wildman–Crippen LogP) is 6.15. The molecule has 2 amide bonds. The monoisotopic (exact) mass is 584 g/mol. The van der Waals surface area contributed by atoms with Gasteiger partial charge in [-0.2, -0.15) is 5.26 Å². The van der Waals surface area contributed by atoms with Crippen LogP contribution in [0.5, 0.6) is 5.75 Å². The number of para-hydroxylation sites is 2. The second-order valence-corrected chi connectivity index (χ2v) is 12.5. The molecule has 0 spiro atoms. The van der Waals surface area contributed by atoms with Gasteiger partial charge >= 0.3 is 0 Å². The van der Waals surface area contributed by atoms with Gasteiger partial charge in [0.05, 0.1) is 59.3 Å². The predicted molar refractivity (Wildman–Crippen MR) is 165 cm³/mol. The third-order valence-electron chi connectivity index (χ3n) is 9.66. The van der Waals surface area contributed by atoms with Gasteiger partial charge in [0.25, 0.3) is 11.8 Å². The fourth-order valence-electron chi connectivity index (χ4n) is 7.97. The van der Waals surface area contributed by atoms with Gasteiger partial charge in [0.15, 0.2) is 0 Å². The van der Waals surface area contributed by atoms with Gasteiger partial charge in [0.2, 0.25) is 0 Å². The fourth-order valence-corrected chi connectivity index (χ4v) is 8.80. The van der Waals surface area contributed by atoms with Crippen LogP contribution in [0.15, 0.2) is 72.8 Å². The molecule has 1 saturated carbocycles. The zero-order valence-corrected chi connectivity index (χ0v) is 23.8. The quantitative estimate of drug-likeness (QED) is 0.197. The van der Waals surface area contributed by atoms with E-state index in [9.17, 15) is 20.0 Å². The Morgan fingerprint density at radius 3 is 1.98 bits per heavy atom. The summed E-state index contributed by atoms with van der Waals surface area (Å²) < 4.78 is 9.73. The first-order valence-electron chi connectivity index (χ1n) is 14.3. The van der Waals surface area contributed by atoms with Gasteiger partial charge in [0.1, 0.15) is 11.2 Å². The van der Waals surface area contributed by atoms with Crippen LogP contribution in [0.4, 0.5) is 0 Å². The van der Waals surface area contributed by atoms with Crippen molar-refractivity contribution in [3.05, 3.63) is 89.5 Å². The lowest BCUT2D eigenvalue weighted by Gasteiger charge is -2.25. The Morgan fingerprint density at radius 2 is 1.42 bits per heavy atom. The van der Waals surface area contributed by atoms with Crippen molar-refractivity contribution >= 4 is 67.2 Å². The molecule has 9 rings (SSSR count). The molecule has 210 valence electrons. The maximum absolute atomic E-state index is 14.4. The molecular weight excluding hydrogens is 560 g/mol. The Kier molecular flexibility index (Phi) is 4.97. The number of rotatable bonds is 4. The number of thioether (sulfide) groups is 1. The van der Waals surface area contributed by atoms with Gasteiger partial charge < -0.3 is 19.0 Å². The minimum absolute atomic E-state index is 0.140. The number of methoxy groups -OCH3 is 1. The molecular formula is C34H24N4O4S. The Labute approximate surface area is 249 Å². The molecule has 4 heterocycles. The van der Waals surface area contributed by atoms with Crippen molar-refractivity contribution in [2.24, 2.45) is 0 Å². The largest absolute Gasteiger partial charge is 0.497 e. The number of hydrogen-bond donors (Lipinski definition) is 1. The molecule has 2 bridgehead atoms. The Bertz CT molecular complexity index is 2260. The number of aliphatic hydroxyl groups excluding tert-OH is 1. The average Bonchev–Trinajstić information content (AvgIpc) is 3.68. The van der Waals surface area contributed by atoms with E-state index in [2.05, 4.69) is 14.5 Å². The van der Waals surface area contributed by atoms with Crippen LogP contribution in [0, 0.1) is 10.7 Å². The number of hydrogen-bond acceptors (Lipinski definition) is 6. The molecule has 2 aliphatic heterocycles. The molecule has 0 saturated heterocycles. The lowest BCUT2D eigenvalue weighted by atomic mass is 9.96. The standard InChI is InChI=1S/C34H24N4O4S/c1-42-18-12-10-17(11-13-18)15-36-33(40)27-25-19-6-2-4-8-21(19)37-23-14-24(32(31(23)39)43-16-35)38-22-9-5-3-7-20(22)26(28(27)34(36)41)30(38)29(25)37/h2-13,23-24,31-32,39H,14-15H2,1H3/t23-,24+,31+,32+/m1/s1. The first-order valence-corrected chi connectivity index (χ1v) is 15.1. The third kappa shape index (κ3) is 2.99. The highest BCUT2D eigenvalue weighted by Gasteiger charge is 2.51. The number of aromatic nitrogens is 2. The first kappa shape index (κ1) is 24.8. The summed E-state index contributed by atoms with van der Waals surface area (Å²) in [5.74, 6) is 0.0782. The van der Waals surface area contributed by atoms with Crippen molar-refractivity contribution in [1.29, 1.82) is 5.26 Å². The van der Waals surface area contributed by atoms with Crippen LogP contribution in [-0.4, -0.2) is 49.4 Å². The van der Waals surface area contributed by atoms with Crippen LogP contribution in [0.1, 0.15) is 44.8 Å². The topological polar surface area (TPSA) is 100 Å². The highest BCUT2D eigenvalue weighted by Crippen LogP contribution is 2.56. The van der Waals surface area contributed by atoms with Crippen LogP contribution in [-0.2, 0) is 6.54 Å². The lowest BCUT2D eigenvalue weighted by Crippen LogP contribution is -2.29. The molecule has 43 heavy (non-hydrogen) atoms. The summed E-state index contributed by atoms with van der Waals surface area (Å²) in [6.45, 7) is 0.140. The summed E-state index contributed by atoms with van der Waals surface area (Å²) in [7, 11) is 1.60. The summed E-state index contributed by atoms with van der Waals surface area (Å²) in [6, 6.07) is 22.8. The van der Waals surface area contributed by atoms with Gasteiger partial charge in [-0.1, -0.05) is 48.5 Å². The number of carbonyl (C=O) groups is 2. The van der Waals surface area contributed by atoms with E-state index in [1.165, 1.54) is 4.90 Å². The summed E-state index contributed by atoms with van der Waals surface area (Å²) in [5.41, 5.74) is 5.28. The number of amides is 2. The van der Waals surface area contributed by atoms with Crippen molar-refractivity contribution in [3.8, 4) is 11.2 Å². The molecule has 6 aromatic rings. The van der Waals surface area contributed by atoms with Crippen LogP contribution in [0.3, 0.4) is 0 Å². The molecule has 4 aromatic carbocycles. The molecule has 1 fully saturated rings. The number of ether oxygens (including phenoxy) is 1. The van der Waals surface area contributed by atoms with Crippen LogP contribution in [0.25, 0.3) is 43.6 Å². The zero-order chi connectivity index (χ0) is 29.1. The number of benzene rings is 4. The lowest BCUT2D eigenvalue weighted by molar-refractivity contribution is 0.0643. The van der Waals surface area contributed by atoms with Gasteiger partial charge in [0, 0.05) is 32.6 Å².